The van der Waals surface area contributed by atoms with Crippen LogP contribution in [0.25, 0.3) is 0 Å². The van der Waals surface area contributed by atoms with E-state index in [4.69, 9.17) is 14.0 Å². The molecular weight excluding hydrogens is 270 g/mol. The summed E-state index contributed by atoms with van der Waals surface area (Å²) in [7, 11) is 0. The molecule has 19 heavy (non-hydrogen) atoms. The highest BCUT2D eigenvalue weighted by atomic mass is 32.2. The lowest BCUT2D eigenvalue weighted by Gasteiger charge is -2.24. The summed E-state index contributed by atoms with van der Waals surface area (Å²) < 4.78 is 10.6. The molecule has 3 atom stereocenters. The fraction of sp³-hybridized carbons (Fsp3) is 0.833. The number of rotatable bonds is 4. The summed E-state index contributed by atoms with van der Waals surface area (Å²) in [6, 6.07) is -0.330. The van der Waals surface area contributed by atoms with Crippen LogP contribution in [0.5, 0.6) is 0 Å². The Labute approximate surface area is 117 Å². The van der Waals surface area contributed by atoms with Gasteiger partial charge in [0.25, 0.3) is 0 Å². The van der Waals surface area contributed by atoms with E-state index in [2.05, 4.69) is 5.32 Å². The van der Waals surface area contributed by atoms with Crippen molar-refractivity contribution in [2.45, 2.75) is 51.4 Å². The number of hydrogen-bond donors (Lipinski definition) is 2. The highest BCUT2D eigenvalue weighted by molar-refractivity contribution is 7.93. The van der Waals surface area contributed by atoms with Gasteiger partial charge < -0.3 is 19.3 Å². The quantitative estimate of drug-likeness (QED) is 0.771. The lowest BCUT2D eigenvalue weighted by atomic mass is 10.1. The van der Waals surface area contributed by atoms with Crippen molar-refractivity contribution in [3.05, 3.63) is 0 Å². The van der Waals surface area contributed by atoms with Gasteiger partial charge in [-0.15, -0.1) is 0 Å². The number of amides is 1. The van der Waals surface area contributed by atoms with Gasteiger partial charge in [0, 0.05) is 6.26 Å². The van der Waals surface area contributed by atoms with Gasteiger partial charge in [-0.05, 0) is 45.7 Å². The number of carbonyl (C=O) groups excluding carboxylic acids is 1. The van der Waals surface area contributed by atoms with Crippen molar-refractivity contribution in [3.63, 3.8) is 0 Å². The van der Waals surface area contributed by atoms with Crippen LogP contribution in [0.4, 0.5) is 4.79 Å². The van der Waals surface area contributed by atoms with Gasteiger partial charge in [-0.3, -0.25) is 4.79 Å². The van der Waals surface area contributed by atoms with E-state index in [1.807, 2.05) is 0 Å². The first kappa shape index (κ1) is 16.1. The molecule has 0 heterocycles. The third-order valence-electron chi connectivity index (χ3n) is 2.78. The Morgan fingerprint density at radius 3 is 2.42 bits per heavy atom. The van der Waals surface area contributed by atoms with Crippen molar-refractivity contribution >= 4 is 24.1 Å². The number of carbonyl (C=O) groups is 2. The van der Waals surface area contributed by atoms with Crippen molar-refractivity contribution in [2.75, 3.05) is 6.26 Å². The highest BCUT2D eigenvalue weighted by Gasteiger charge is 2.40. The second kappa shape index (κ2) is 6.47. The first-order valence-electron chi connectivity index (χ1n) is 6.14. The Morgan fingerprint density at radius 2 is 1.95 bits per heavy atom. The molecular formula is C12H21NO5S. The van der Waals surface area contributed by atoms with E-state index in [0.29, 0.717) is 12.8 Å². The molecule has 0 saturated heterocycles. The summed E-state index contributed by atoms with van der Waals surface area (Å²) in [5.74, 6) is -1.35. The third kappa shape index (κ3) is 5.28. The van der Waals surface area contributed by atoms with E-state index in [-0.39, 0.29) is 12.1 Å². The Morgan fingerprint density at radius 1 is 1.32 bits per heavy atom. The zero-order valence-electron chi connectivity index (χ0n) is 11.6. The summed E-state index contributed by atoms with van der Waals surface area (Å²) in [6.07, 6.45) is 1.68. The molecule has 1 aliphatic rings. The molecule has 0 aliphatic heterocycles. The standard InChI is InChI=1S/C12H21NO5S/c1-12(2,3)17-11(16)13-8-5-7(10(14)15)6-9(8)18-19-4/h7-9H,5-6H2,1-4H3,(H,13,16)(H,14,15)/t7-,8+,9-/m0/s1. The molecule has 6 nitrogen and oxygen atoms in total. The van der Waals surface area contributed by atoms with Crippen molar-refractivity contribution in [2.24, 2.45) is 5.92 Å². The Balaban J connectivity index is 2.59. The van der Waals surface area contributed by atoms with E-state index >= 15 is 0 Å². The second-order valence-corrected chi connectivity index (χ2v) is 6.09. The van der Waals surface area contributed by atoms with Crippen LogP contribution in [-0.2, 0) is 13.7 Å². The maximum absolute atomic E-state index is 11.7. The molecule has 1 rings (SSSR count). The zero-order chi connectivity index (χ0) is 14.6. The minimum atomic E-state index is -0.858. The van der Waals surface area contributed by atoms with Gasteiger partial charge in [-0.2, -0.15) is 0 Å². The van der Waals surface area contributed by atoms with E-state index < -0.39 is 23.6 Å². The minimum absolute atomic E-state index is 0.302. The van der Waals surface area contributed by atoms with Gasteiger partial charge >= 0.3 is 12.1 Å². The number of carboxylic acids is 1. The van der Waals surface area contributed by atoms with Gasteiger partial charge in [0.05, 0.1) is 18.1 Å². The molecule has 0 bridgehead atoms. The Bertz CT molecular complexity index is 342. The SMILES string of the molecule is CSO[C@H]1C[C@@H](C(=O)O)C[C@H]1NC(=O)OC(C)(C)C. The second-order valence-electron chi connectivity index (χ2n) is 5.56. The van der Waals surface area contributed by atoms with Gasteiger partial charge in [-0.1, -0.05) is 0 Å². The summed E-state index contributed by atoms with van der Waals surface area (Å²) in [6.45, 7) is 5.32. The molecule has 7 heteroatoms. The number of nitrogens with one attached hydrogen (secondary N) is 1. The minimum Gasteiger partial charge on any atom is -0.481 e. The van der Waals surface area contributed by atoms with Gasteiger partial charge in [0.1, 0.15) is 5.60 Å². The monoisotopic (exact) mass is 291 g/mol. The first-order chi connectivity index (χ1) is 8.73. The molecule has 1 fully saturated rings. The summed E-state index contributed by atoms with van der Waals surface area (Å²) >= 11 is 1.17. The van der Waals surface area contributed by atoms with Crippen molar-refractivity contribution in [1.29, 1.82) is 0 Å². The third-order valence-corrected chi connectivity index (χ3v) is 3.21. The molecule has 0 aromatic rings. The van der Waals surface area contributed by atoms with E-state index in [1.165, 1.54) is 12.0 Å². The summed E-state index contributed by atoms with van der Waals surface area (Å²) in [4.78, 5) is 22.7. The maximum atomic E-state index is 11.7. The van der Waals surface area contributed by atoms with Crippen LogP contribution in [-0.4, -0.2) is 41.2 Å². The Hall–Kier alpha value is -0.950. The van der Waals surface area contributed by atoms with Crippen molar-refractivity contribution < 1.29 is 23.6 Å². The molecule has 0 aromatic carbocycles. The van der Waals surface area contributed by atoms with Crippen LogP contribution >= 0.6 is 12.0 Å². The van der Waals surface area contributed by atoms with Crippen LogP contribution in [0, 0.1) is 5.92 Å². The topological polar surface area (TPSA) is 84.9 Å². The molecule has 1 aliphatic carbocycles. The highest BCUT2D eigenvalue weighted by Crippen LogP contribution is 2.30. The van der Waals surface area contributed by atoms with Gasteiger partial charge in [0.15, 0.2) is 0 Å². The summed E-state index contributed by atoms with van der Waals surface area (Å²) in [5.41, 5.74) is -0.579. The van der Waals surface area contributed by atoms with Crippen molar-refractivity contribution in [3.8, 4) is 0 Å². The average Bonchev–Trinajstić information content (AvgIpc) is 2.59. The molecule has 2 N–H and O–H groups in total. The van der Waals surface area contributed by atoms with E-state index in [1.54, 1.807) is 27.0 Å². The molecule has 1 amide bonds. The maximum Gasteiger partial charge on any atom is 0.407 e. The van der Waals surface area contributed by atoms with Crippen LogP contribution < -0.4 is 5.32 Å². The number of alkyl carbamates (subject to hydrolysis) is 1. The van der Waals surface area contributed by atoms with Gasteiger partial charge in [-0.25, -0.2) is 4.79 Å². The first-order valence-corrected chi connectivity index (χ1v) is 7.29. The van der Waals surface area contributed by atoms with Crippen LogP contribution in [0.2, 0.25) is 0 Å². The lowest BCUT2D eigenvalue weighted by molar-refractivity contribution is -0.141. The lowest BCUT2D eigenvalue weighted by Crippen LogP contribution is -2.43. The largest absolute Gasteiger partial charge is 0.481 e. The normalized spacial score (nSPS) is 27.1. The van der Waals surface area contributed by atoms with Crippen molar-refractivity contribution in [1.82, 2.24) is 5.32 Å². The smallest absolute Gasteiger partial charge is 0.407 e. The zero-order valence-corrected chi connectivity index (χ0v) is 12.5. The van der Waals surface area contributed by atoms with E-state index in [0.717, 1.165) is 0 Å². The number of carboxylic acid groups (broad SMARTS) is 1. The number of hydrogen-bond acceptors (Lipinski definition) is 5. The predicted molar refractivity (Wildman–Crippen MR) is 71.9 cm³/mol. The molecule has 0 unspecified atom stereocenters. The molecule has 0 radical (unpaired) electrons. The number of ether oxygens (including phenoxy) is 1. The molecule has 0 spiro atoms. The molecule has 1 saturated carbocycles. The molecule has 110 valence electrons. The number of aliphatic carboxylic acids is 1. The Kier molecular flexibility index (Phi) is 5.49. The fourth-order valence-electron chi connectivity index (χ4n) is 2.04. The van der Waals surface area contributed by atoms with Gasteiger partial charge in [0.2, 0.25) is 0 Å². The molecule has 0 aromatic heterocycles. The predicted octanol–water partition coefficient (Wildman–Crippen LogP) is 2.04. The van der Waals surface area contributed by atoms with E-state index in [9.17, 15) is 9.59 Å². The van der Waals surface area contributed by atoms with Crippen LogP contribution in [0.15, 0.2) is 0 Å². The fourth-order valence-corrected chi connectivity index (χ4v) is 2.50. The average molecular weight is 291 g/mol. The van der Waals surface area contributed by atoms with Crippen LogP contribution in [0.3, 0.4) is 0 Å². The van der Waals surface area contributed by atoms with Crippen LogP contribution in [0.1, 0.15) is 33.6 Å². The summed E-state index contributed by atoms with van der Waals surface area (Å²) in [5, 5.41) is 11.7.